The lowest BCUT2D eigenvalue weighted by molar-refractivity contribution is 0.438. The Morgan fingerprint density at radius 1 is 1.41 bits per heavy atom. The van der Waals surface area contributed by atoms with Gasteiger partial charge < -0.3 is 10.2 Å². The van der Waals surface area contributed by atoms with Gasteiger partial charge >= 0.3 is 0 Å². The molecule has 5 heteroatoms. The number of oxazole rings is 1. The van der Waals surface area contributed by atoms with Crippen molar-refractivity contribution in [2.45, 2.75) is 19.8 Å². The largest absolute Gasteiger partial charge is 0.439 e. The molecule has 0 aliphatic heterocycles. The van der Waals surface area contributed by atoms with Crippen molar-refractivity contribution in [1.82, 2.24) is 4.98 Å². The molecule has 2 N–H and O–H groups in total. The van der Waals surface area contributed by atoms with Crippen molar-refractivity contribution in [2.75, 3.05) is 6.54 Å². The van der Waals surface area contributed by atoms with Crippen molar-refractivity contribution in [3.8, 4) is 0 Å². The molecular formula is C12H14Cl2N2O. The number of nitrogens with two attached hydrogens (primary N) is 1. The number of halogens is 2. The highest BCUT2D eigenvalue weighted by Gasteiger charge is 2.13. The van der Waals surface area contributed by atoms with Gasteiger partial charge in [-0.05, 0) is 24.6 Å². The van der Waals surface area contributed by atoms with Crippen LogP contribution in [-0.2, 0) is 6.42 Å². The SMILES string of the molecule is CCC(CN)Cc1nc2cc(Cl)cc(Cl)c2o1. The Kier molecular flexibility index (Phi) is 3.92. The minimum Gasteiger partial charge on any atom is -0.439 e. The van der Waals surface area contributed by atoms with Gasteiger partial charge in [-0.2, -0.15) is 0 Å². The standard InChI is InChI=1S/C12H14Cl2N2O/c1-2-7(6-15)3-11-16-10-5-8(13)4-9(14)12(10)17-11/h4-5,7H,2-3,6,15H2,1H3. The Morgan fingerprint density at radius 3 is 2.82 bits per heavy atom. The number of benzene rings is 1. The lowest BCUT2D eigenvalue weighted by atomic mass is 10.0. The molecule has 0 bridgehead atoms. The Balaban J connectivity index is 2.34. The van der Waals surface area contributed by atoms with Crippen LogP contribution >= 0.6 is 23.2 Å². The topological polar surface area (TPSA) is 52.0 Å². The highest BCUT2D eigenvalue weighted by atomic mass is 35.5. The second-order valence-corrected chi connectivity index (χ2v) is 4.90. The number of fused-ring (bicyclic) bond motifs is 1. The Morgan fingerprint density at radius 2 is 2.18 bits per heavy atom. The maximum absolute atomic E-state index is 6.04. The van der Waals surface area contributed by atoms with Crippen LogP contribution in [0.15, 0.2) is 16.5 Å². The zero-order chi connectivity index (χ0) is 12.4. The van der Waals surface area contributed by atoms with Crippen molar-refractivity contribution in [1.29, 1.82) is 0 Å². The van der Waals surface area contributed by atoms with Crippen LogP contribution in [0.3, 0.4) is 0 Å². The number of aromatic nitrogens is 1. The fraction of sp³-hybridized carbons (Fsp3) is 0.417. The molecule has 92 valence electrons. The van der Waals surface area contributed by atoms with E-state index < -0.39 is 0 Å². The molecule has 2 rings (SSSR count). The van der Waals surface area contributed by atoms with Gasteiger partial charge in [-0.3, -0.25) is 0 Å². The minimum absolute atomic E-state index is 0.386. The molecular weight excluding hydrogens is 259 g/mol. The van der Waals surface area contributed by atoms with E-state index in [1.165, 1.54) is 0 Å². The van der Waals surface area contributed by atoms with Gasteiger partial charge in [0.2, 0.25) is 0 Å². The zero-order valence-electron chi connectivity index (χ0n) is 9.54. The summed E-state index contributed by atoms with van der Waals surface area (Å²) in [5.41, 5.74) is 6.96. The van der Waals surface area contributed by atoms with Crippen LogP contribution in [0.2, 0.25) is 10.0 Å². The third-order valence-corrected chi connectivity index (χ3v) is 3.33. The Hall–Kier alpha value is -0.770. The molecule has 1 unspecified atom stereocenters. The van der Waals surface area contributed by atoms with Crippen LogP contribution in [0.25, 0.3) is 11.1 Å². The molecule has 0 aliphatic carbocycles. The van der Waals surface area contributed by atoms with Gasteiger partial charge in [-0.15, -0.1) is 0 Å². The van der Waals surface area contributed by atoms with Crippen molar-refractivity contribution in [3.63, 3.8) is 0 Å². The fourth-order valence-corrected chi connectivity index (χ4v) is 2.26. The normalized spacial score (nSPS) is 13.2. The summed E-state index contributed by atoms with van der Waals surface area (Å²) in [6.45, 7) is 2.73. The predicted octanol–water partition coefficient (Wildman–Crippen LogP) is 3.66. The van der Waals surface area contributed by atoms with Crippen molar-refractivity contribution in [2.24, 2.45) is 11.7 Å². The second kappa shape index (κ2) is 5.25. The molecule has 0 radical (unpaired) electrons. The third-order valence-electron chi connectivity index (χ3n) is 2.83. The number of nitrogens with zero attached hydrogens (tertiary/aromatic N) is 1. The van der Waals surface area contributed by atoms with Crippen molar-refractivity contribution < 1.29 is 4.42 Å². The molecule has 2 aromatic rings. The lowest BCUT2D eigenvalue weighted by Gasteiger charge is -2.07. The number of hydrogen-bond acceptors (Lipinski definition) is 3. The van der Waals surface area contributed by atoms with E-state index in [0.717, 1.165) is 12.8 Å². The van der Waals surface area contributed by atoms with E-state index in [4.69, 9.17) is 33.4 Å². The first kappa shape index (κ1) is 12.7. The first-order valence-corrected chi connectivity index (χ1v) is 6.34. The van der Waals surface area contributed by atoms with Crippen LogP contribution in [0, 0.1) is 5.92 Å². The monoisotopic (exact) mass is 272 g/mol. The highest BCUT2D eigenvalue weighted by molar-refractivity contribution is 6.37. The number of hydrogen-bond donors (Lipinski definition) is 1. The molecule has 0 saturated heterocycles. The molecule has 1 atom stereocenters. The minimum atomic E-state index is 0.386. The summed E-state index contributed by atoms with van der Waals surface area (Å²) in [5, 5.41) is 1.06. The first-order chi connectivity index (χ1) is 8.13. The summed E-state index contributed by atoms with van der Waals surface area (Å²) in [6.07, 6.45) is 1.74. The number of rotatable bonds is 4. The average molecular weight is 273 g/mol. The van der Waals surface area contributed by atoms with E-state index in [9.17, 15) is 0 Å². The zero-order valence-corrected chi connectivity index (χ0v) is 11.1. The summed E-state index contributed by atoms with van der Waals surface area (Å²) >= 11 is 11.9. The van der Waals surface area contributed by atoms with Crippen LogP contribution < -0.4 is 5.73 Å². The van der Waals surface area contributed by atoms with Gasteiger partial charge in [0.15, 0.2) is 11.5 Å². The molecule has 0 saturated carbocycles. The van der Waals surface area contributed by atoms with E-state index in [1.807, 2.05) is 0 Å². The molecule has 1 aromatic heterocycles. The van der Waals surface area contributed by atoms with E-state index in [2.05, 4.69) is 11.9 Å². The Bertz CT molecular complexity index is 520. The van der Waals surface area contributed by atoms with E-state index in [-0.39, 0.29) is 0 Å². The van der Waals surface area contributed by atoms with Crippen LogP contribution in [-0.4, -0.2) is 11.5 Å². The van der Waals surface area contributed by atoms with Gasteiger partial charge in [-0.25, -0.2) is 4.98 Å². The summed E-state index contributed by atoms with van der Waals surface area (Å²) in [7, 11) is 0. The molecule has 17 heavy (non-hydrogen) atoms. The van der Waals surface area contributed by atoms with Crippen LogP contribution in [0.5, 0.6) is 0 Å². The van der Waals surface area contributed by atoms with Crippen molar-refractivity contribution >= 4 is 34.3 Å². The smallest absolute Gasteiger partial charge is 0.195 e. The summed E-state index contributed by atoms with van der Waals surface area (Å²) in [6, 6.07) is 3.40. The van der Waals surface area contributed by atoms with E-state index >= 15 is 0 Å². The lowest BCUT2D eigenvalue weighted by Crippen LogP contribution is -2.15. The quantitative estimate of drug-likeness (QED) is 0.924. The van der Waals surface area contributed by atoms with Crippen LogP contribution in [0.1, 0.15) is 19.2 Å². The maximum atomic E-state index is 6.04. The fourth-order valence-electron chi connectivity index (χ4n) is 1.73. The van der Waals surface area contributed by atoms with Gasteiger partial charge in [0.1, 0.15) is 5.52 Å². The van der Waals surface area contributed by atoms with Crippen molar-refractivity contribution in [3.05, 3.63) is 28.1 Å². The maximum Gasteiger partial charge on any atom is 0.195 e. The molecule has 0 aliphatic rings. The molecule has 0 amide bonds. The average Bonchev–Trinajstić information content (AvgIpc) is 2.68. The highest BCUT2D eigenvalue weighted by Crippen LogP contribution is 2.29. The molecule has 0 fully saturated rings. The van der Waals surface area contributed by atoms with Gasteiger partial charge in [0, 0.05) is 11.4 Å². The molecule has 1 aromatic carbocycles. The summed E-state index contributed by atoms with van der Waals surface area (Å²) in [5.74, 6) is 1.05. The Labute approximate surface area is 110 Å². The molecule has 1 heterocycles. The van der Waals surface area contributed by atoms with Crippen LogP contribution in [0.4, 0.5) is 0 Å². The second-order valence-electron chi connectivity index (χ2n) is 4.06. The molecule has 0 spiro atoms. The van der Waals surface area contributed by atoms with E-state index in [1.54, 1.807) is 12.1 Å². The summed E-state index contributed by atoms with van der Waals surface area (Å²) < 4.78 is 5.63. The molecule has 3 nitrogen and oxygen atoms in total. The van der Waals surface area contributed by atoms with Gasteiger partial charge in [0.25, 0.3) is 0 Å². The first-order valence-electron chi connectivity index (χ1n) is 5.58. The summed E-state index contributed by atoms with van der Waals surface area (Å²) in [4.78, 5) is 4.38. The van der Waals surface area contributed by atoms with Gasteiger partial charge in [0.05, 0.1) is 5.02 Å². The van der Waals surface area contributed by atoms with E-state index in [0.29, 0.717) is 39.5 Å². The van der Waals surface area contributed by atoms with Gasteiger partial charge in [-0.1, -0.05) is 36.5 Å². The third kappa shape index (κ3) is 2.73. The predicted molar refractivity (Wildman–Crippen MR) is 70.6 cm³/mol.